The second-order valence-electron chi connectivity index (χ2n) is 8.87. The summed E-state index contributed by atoms with van der Waals surface area (Å²) in [6, 6.07) is 0. The molecule has 21 heavy (non-hydrogen) atoms. The number of fused-ring (bicyclic) bond motifs is 3. The van der Waals surface area contributed by atoms with E-state index in [-0.39, 0.29) is 5.41 Å². The molecule has 3 aliphatic carbocycles. The molecule has 5 atom stereocenters. The number of hydrogen-bond donors (Lipinski definition) is 1. The zero-order chi connectivity index (χ0) is 15.3. The lowest BCUT2D eigenvalue weighted by Gasteiger charge is -2.59. The fourth-order valence-corrected chi connectivity index (χ4v) is 5.93. The van der Waals surface area contributed by atoms with Gasteiger partial charge in [0, 0.05) is 6.61 Å². The summed E-state index contributed by atoms with van der Waals surface area (Å²) in [5.74, 6) is 1.40. The highest BCUT2D eigenvalue weighted by atomic mass is 16.3. The highest BCUT2D eigenvalue weighted by Crippen LogP contribution is 2.63. The first-order chi connectivity index (χ1) is 9.87. The number of rotatable bonds is 2. The Morgan fingerprint density at radius 3 is 2.71 bits per heavy atom. The topological polar surface area (TPSA) is 20.2 Å². The molecule has 2 fully saturated rings. The van der Waals surface area contributed by atoms with Gasteiger partial charge in [0.1, 0.15) is 0 Å². The van der Waals surface area contributed by atoms with E-state index in [1.165, 1.54) is 44.9 Å². The molecule has 1 nitrogen and oxygen atoms in total. The van der Waals surface area contributed by atoms with Gasteiger partial charge < -0.3 is 5.11 Å². The molecule has 0 unspecified atom stereocenters. The van der Waals surface area contributed by atoms with Crippen molar-refractivity contribution >= 4 is 0 Å². The Hall–Kier alpha value is -0.560. The van der Waals surface area contributed by atoms with Crippen LogP contribution in [0.3, 0.4) is 0 Å². The predicted octanol–water partition coefficient (Wildman–Crippen LogP) is 5.11. The van der Waals surface area contributed by atoms with E-state index in [9.17, 15) is 5.11 Å². The average molecular weight is 288 g/mol. The monoisotopic (exact) mass is 288 g/mol. The molecule has 0 saturated heterocycles. The third-order valence-corrected chi connectivity index (χ3v) is 7.43. The molecule has 0 aromatic carbocycles. The maximum atomic E-state index is 9.99. The van der Waals surface area contributed by atoms with Gasteiger partial charge in [0.15, 0.2) is 0 Å². The number of aliphatic hydroxyl groups excluding tert-OH is 1. The predicted molar refractivity (Wildman–Crippen MR) is 89.0 cm³/mol. The minimum Gasteiger partial charge on any atom is -0.396 e. The van der Waals surface area contributed by atoms with E-state index >= 15 is 0 Å². The van der Waals surface area contributed by atoms with Gasteiger partial charge in [0.25, 0.3) is 0 Å². The first kappa shape index (κ1) is 15.3. The van der Waals surface area contributed by atoms with Crippen molar-refractivity contribution in [2.75, 3.05) is 6.61 Å². The van der Waals surface area contributed by atoms with E-state index in [1.807, 2.05) is 0 Å². The summed E-state index contributed by atoms with van der Waals surface area (Å²) in [6.45, 7) is 11.6. The molecule has 1 N–H and O–H groups in total. The van der Waals surface area contributed by atoms with Crippen LogP contribution in [0.1, 0.15) is 65.7 Å². The number of aliphatic hydroxyl groups is 1. The van der Waals surface area contributed by atoms with Gasteiger partial charge in [0.05, 0.1) is 0 Å². The number of allylic oxidation sites excluding steroid dienone is 3. The van der Waals surface area contributed by atoms with Crippen LogP contribution in [0.25, 0.3) is 0 Å². The van der Waals surface area contributed by atoms with Crippen molar-refractivity contribution in [3.63, 3.8) is 0 Å². The van der Waals surface area contributed by atoms with Crippen LogP contribution < -0.4 is 0 Å². The maximum Gasteiger partial charge on any atom is 0.0487 e. The van der Waals surface area contributed by atoms with Gasteiger partial charge in [-0.15, -0.1) is 6.58 Å². The summed E-state index contributed by atoms with van der Waals surface area (Å²) in [7, 11) is 0. The summed E-state index contributed by atoms with van der Waals surface area (Å²) in [5.41, 5.74) is 2.54. The fourth-order valence-electron chi connectivity index (χ4n) is 5.93. The van der Waals surface area contributed by atoms with E-state index in [0.29, 0.717) is 23.4 Å². The van der Waals surface area contributed by atoms with Crippen LogP contribution in [0.5, 0.6) is 0 Å². The number of hydrogen-bond acceptors (Lipinski definition) is 1. The van der Waals surface area contributed by atoms with E-state index in [4.69, 9.17) is 0 Å². The quantitative estimate of drug-likeness (QED) is 0.700. The third kappa shape index (κ3) is 2.23. The van der Waals surface area contributed by atoms with Crippen LogP contribution in [0.15, 0.2) is 24.3 Å². The Bertz CT molecular complexity index is 464. The van der Waals surface area contributed by atoms with Crippen LogP contribution in [0.4, 0.5) is 0 Å². The zero-order valence-corrected chi connectivity index (χ0v) is 14.1. The molecule has 0 heterocycles. The van der Waals surface area contributed by atoms with Gasteiger partial charge in [-0.25, -0.2) is 0 Å². The van der Waals surface area contributed by atoms with Crippen molar-refractivity contribution in [1.29, 1.82) is 0 Å². The highest BCUT2D eigenvalue weighted by Gasteiger charge is 2.55. The lowest BCUT2D eigenvalue weighted by atomic mass is 9.45. The molecule has 3 rings (SSSR count). The Kier molecular flexibility index (Phi) is 3.64. The highest BCUT2D eigenvalue weighted by molar-refractivity contribution is 5.25. The fraction of sp³-hybridized carbons (Fsp3) is 0.800. The van der Waals surface area contributed by atoms with Crippen LogP contribution >= 0.6 is 0 Å². The van der Waals surface area contributed by atoms with E-state index < -0.39 is 0 Å². The summed E-state index contributed by atoms with van der Waals surface area (Å²) < 4.78 is 0. The molecule has 3 aliphatic rings. The van der Waals surface area contributed by atoms with Crippen molar-refractivity contribution in [1.82, 2.24) is 0 Å². The Morgan fingerprint density at radius 1 is 1.29 bits per heavy atom. The maximum absolute atomic E-state index is 9.99. The Morgan fingerprint density at radius 2 is 2.05 bits per heavy atom. The van der Waals surface area contributed by atoms with Gasteiger partial charge in [-0.2, -0.15) is 0 Å². The van der Waals surface area contributed by atoms with Crippen molar-refractivity contribution in [2.24, 2.45) is 28.1 Å². The van der Waals surface area contributed by atoms with E-state index in [1.54, 1.807) is 5.57 Å². The average Bonchev–Trinajstić information content (AvgIpc) is 2.46. The molecule has 0 aliphatic heterocycles. The van der Waals surface area contributed by atoms with Crippen molar-refractivity contribution in [2.45, 2.75) is 65.7 Å². The summed E-state index contributed by atoms with van der Waals surface area (Å²) in [5, 5.41) is 9.99. The first-order valence-electron chi connectivity index (χ1n) is 8.80. The molecule has 2 saturated carbocycles. The van der Waals surface area contributed by atoms with Crippen molar-refractivity contribution in [3.8, 4) is 0 Å². The molecule has 118 valence electrons. The molecule has 1 heteroatoms. The molecular formula is C20H32O. The van der Waals surface area contributed by atoms with E-state index in [0.717, 1.165) is 5.92 Å². The Labute approximate surface area is 130 Å². The molecular weight excluding hydrogens is 256 g/mol. The second kappa shape index (κ2) is 4.98. The second-order valence-corrected chi connectivity index (χ2v) is 8.87. The molecule has 0 aromatic rings. The van der Waals surface area contributed by atoms with Crippen LogP contribution in [-0.2, 0) is 0 Å². The van der Waals surface area contributed by atoms with Crippen molar-refractivity contribution < 1.29 is 5.11 Å². The minimum atomic E-state index is 0.133. The molecule has 0 bridgehead atoms. The third-order valence-electron chi connectivity index (χ3n) is 7.43. The van der Waals surface area contributed by atoms with E-state index in [2.05, 4.69) is 39.5 Å². The molecule has 0 radical (unpaired) electrons. The first-order valence-corrected chi connectivity index (χ1v) is 8.80. The summed E-state index contributed by atoms with van der Waals surface area (Å²) in [4.78, 5) is 0. The van der Waals surface area contributed by atoms with Crippen LogP contribution in [0.2, 0.25) is 0 Å². The Balaban J connectivity index is 1.94. The zero-order valence-electron chi connectivity index (χ0n) is 14.1. The summed E-state index contributed by atoms with van der Waals surface area (Å²) in [6.07, 6.45) is 13.5. The molecule has 0 amide bonds. The minimum absolute atomic E-state index is 0.133. The smallest absolute Gasteiger partial charge is 0.0487 e. The normalized spacial score (nSPS) is 49.8. The summed E-state index contributed by atoms with van der Waals surface area (Å²) >= 11 is 0. The van der Waals surface area contributed by atoms with Crippen LogP contribution in [-0.4, -0.2) is 11.7 Å². The van der Waals surface area contributed by atoms with Gasteiger partial charge in [-0.3, -0.25) is 0 Å². The molecule has 0 spiro atoms. The van der Waals surface area contributed by atoms with Gasteiger partial charge >= 0.3 is 0 Å². The SMILES string of the molecule is C=C[C@@]1(C)CC[C@H]2C(=CC[C@H]3[C@@](C)(CO)CCC[C@@]23C)C1. The van der Waals surface area contributed by atoms with Gasteiger partial charge in [-0.05, 0) is 66.6 Å². The standard InChI is InChI=1S/C20H32O/c1-5-18(2)12-9-16-15(13-18)7-8-17-19(3,14-21)10-6-11-20(16,17)4/h5,7,16-17,21H,1,6,8-14H2,2-4H3/t16-,17-,18-,19+,20-/m0/s1. The lowest BCUT2D eigenvalue weighted by Crippen LogP contribution is -2.52. The van der Waals surface area contributed by atoms with Gasteiger partial charge in [0.2, 0.25) is 0 Å². The molecule has 0 aromatic heterocycles. The van der Waals surface area contributed by atoms with Crippen LogP contribution in [0, 0.1) is 28.1 Å². The largest absolute Gasteiger partial charge is 0.396 e. The van der Waals surface area contributed by atoms with Crippen molar-refractivity contribution in [3.05, 3.63) is 24.3 Å². The lowest BCUT2D eigenvalue weighted by molar-refractivity contribution is -0.0805. The van der Waals surface area contributed by atoms with Gasteiger partial charge in [-0.1, -0.05) is 44.9 Å².